The lowest BCUT2D eigenvalue weighted by atomic mass is 9.87. The van der Waals surface area contributed by atoms with Crippen LogP contribution in [-0.2, 0) is 4.79 Å². The van der Waals surface area contributed by atoms with Crippen LogP contribution in [-0.4, -0.2) is 129 Å². The Labute approximate surface area is 411 Å². The van der Waals surface area contributed by atoms with Gasteiger partial charge in [0.1, 0.15) is 11.6 Å². The summed E-state index contributed by atoms with van der Waals surface area (Å²) in [6.45, 7) is 7.02. The first-order valence-corrected chi connectivity index (χ1v) is 25.2. The number of rotatable bonds is 11. The zero-order valence-corrected chi connectivity index (χ0v) is 39.9. The van der Waals surface area contributed by atoms with E-state index in [1.165, 1.54) is 62.1 Å². The maximum Gasteiger partial charge on any atom is 0.254 e. The minimum absolute atomic E-state index is 0.0621. The predicted molar refractivity (Wildman–Crippen MR) is 265 cm³/mol. The van der Waals surface area contributed by atoms with E-state index >= 15 is 0 Å². The highest BCUT2D eigenvalue weighted by Crippen LogP contribution is 2.35. The lowest BCUT2D eigenvalue weighted by molar-refractivity contribution is -0.128. The first-order chi connectivity index (χ1) is 34.4. The van der Waals surface area contributed by atoms with Crippen LogP contribution >= 0.6 is 0 Å². The fourth-order valence-corrected chi connectivity index (χ4v) is 11.3. The maximum absolute atomic E-state index is 13.5. The number of piperidine rings is 4. The molecular formula is C56H63F5N6O4. The summed E-state index contributed by atoms with van der Waals surface area (Å²) in [7, 11) is 0. The van der Waals surface area contributed by atoms with E-state index in [0.29, 0.717) is 69.5 Å². The molecule has 15 heteroatoms. The number of benzene rings is 4. The lowest BCUT2D eigenvalue weighted by Gasteiger charge is -2.38. The zero-order valence-electron chi connectivity index (χ0n) is 39.9. The summed E-state index contributed by atoms with van der Waals surface area (Å²) in [6, 6.07) is 21.5. The highest BCUT2D eigenvalue weighted by molar-refractivity contribution is 5.94. The Balaban J connectivity index is 0.000000176. The molecule has 6 aromatic rings. The minimum Gasteiger partial charge on any atom is -0.392 e. The highest BCUT2D eigenvalue weighted by atomic mass is 19.2. The average molecular weight is 979 g/mol. The number of aromatic amines is 2. The van der Waals surface area contributed by atoms with E-state index in [-0.39, 0.29) is 23.3 Å². The third-order valence-corrected chi connectivity index (χ3v) is 15.5. The van der Waals surface area contributed by atoms with Gasteiger partial charge in [-0.2, -0.15) is 0 Å². The van der Waals surface area contributed by atoms with Gasteiger partial charge in [0.15, 0.2) is 17.5 Å². The fraction of sp³-hybridized carbons (Fsp3) is 0.429. The van der Waals surface area contributed by atoms with Gasteiger partial charge in [-0.15, -0.1) is 0 Å². The van der Waals surface area contributed by atoms with Gasteiger partial charge < -0.3 is 39.8 Å². The summed E-state index contributed by atoms with van der Waals surface area (Å²) in [5.41, 5.74) is 5.25. The molecule has 2 amide bonds. The Morgan fingerprint density at radius 1 is 0.577 bits per heavy atom. The molecule has 4 fully saturated rings. The van der Waals surface area contributed by atoms with Gasteiger partial charge in [-0.1, -0.05) is 36.4 Å². The van der Waals surface area contributed by atoms with E-state index in [2.05, 4.69) is 74.6 Å². The molecule has 4 saturated heterocycles. The summed E-state index contributed by atoms with van der Waals surface area (Å²) in [4.78, 5) is 39.8. The van der Waals surface area contributed by atoms with Crippen molar-refractivity contribution in [2.24, 2.45) is 11.8 Å². The van der Waals surface area contributed by atoms with Crippen LogP contribution in [0, 0.1) is 40.9 Å². The molecule has 71 heavy (non-hydrogen) atoms. The molecule has 6 heterocycles. The molecule has 4 aliphatic heterocycles. The van der Waals surface area contributed by atoms with Gasteiger partial charge in [0.05, 0.1) is 12.2 Å². The fourth-order valence-electron chi connectivity index (χ4n) is 11.3. The van der Waals surface area contributed by atoms with E-state index in [4.69, 9.17) is 0 Å². The first-order valence-electron chi connectivity index (χ1n) is 25.2. The van der Waals surface area contributed by atoms with Crippen molar-refractivity contribution in [2.75, 3.05) is 65.4 Å². The van der Waals surface area contributed by atoms with Crippen molar-refractivity contribution in [3.63, 3.8) is 0 Å². The molecule has 0 bridgehead atoms. The van der Waals surface area contributed by atoms with Gasteiger partial charge in [0.2, 0.25) is 5.91 Å². The number of H-pyrrole nitrogens is 2. The number of amides is 2. The maximum atomic E-state index is 13.5. The van der Waals surface area contributed by atoms with E-state index in [9.17, 15) is 41.8 Å². The number of hydrogen-bond donors (Lipinski definition) is 4. The summed E-state index contributed by atoms with van der Waals surface area (Å²) < 4.78 is 66.9. The van der Waals surface area contributed by atoms with Gasteiger partial charge in [0, 0.05) is 91.2 Å². The normalized spacial score (nSPS) is 19.4. The van der Waals surface area contributed by atoms with Crippen molar-refractivity contribution < 1.29 is 41.8 Å². The second-order valence-corrected chi connectivity index (χ2v) is 19.9. The SMILES string of the molecule is O=C(/C=C/c1cc(F)cc(F)c1)N1CCC(C(O)CN2CCC(c3c[nH]c4ccccc34)CC2)CC1.O=C(c1cc(F)c(F)c(F)c1)N1CCC(C(O)CN2CCC(c3c[nH]c4ccccc34)CC2)CC1. The number of carbonyl (C=O) groups excluding carboxylic acids is 2. The number of nitrogens with zero attached hydrogens (tertiary/aromatic N) is 4. The van der Waals surface area contributed by atoms with Crippen LogP contribution in [0.5, 0.6) is 0 Å². The molecular weight excluding hydrogens is 916 g/mol. The number of carbonyl (C=O) groups is 2. The van der Waals surface area contributed by atoms with Gasteiger partial charge >= 0.3 is 0 Å². The molecule has 2 unspecified atom stereocenters. The largest absolute Gasteiger partial charge is 0.392 e. The monoisotopic (exact) mass is 978 g/mol. The molecule has 0 aliphatic carbocycles. The summed E-state index contributed by atoms with van der Waals surface area (Å²) >= 11 is 0. The molecule has 4 aliphatic rings. The number of nitrogens with one attached hydrogen (secondary N) is 2. The van der Waals surface area contributed by atoms with Crippen LogP contribution < -0.4 is 0 Å². The molecule has 4 aromatic carbocycles. The Morgan fingerprint density at radius 2 is 1.01 bits per heavy atom. The summed E-state index contributed by atoms with van der Waals surface area (Å²) in [6.07, 6.45) is 13.2. The summed E-state index contributed by atoms with van der Waals surface area (Å²) in [5, 5.41) is 24.4. The molecule has 4 N–H and O–H groups in total. The van der Waals surface area contributed by atoms with E-state index in [1.54, 1.807) is 4.90 Å². The molecule has 0 spiro atoms. The standard InChI is InChI=1S/C29H33F2N3O2.C27H30F3N3O2/c30-23-15-20(16-24(31)17-23)5-6-29(36)34-13-9-22(10-14-34)28(35)19-33-11-7-21(8-12-33)26-18-32-27-4-2-1-3-25(26)27;28-22-13-19(14-23(29)26(22)30)27(35)33-11-7-18(8-12-33)25(34)16-32-9-5-17(6-10-32)21-15-31-24-4-2-1-3-20(21)24/h1-6,15-18,21-22,28,32,35H,7-14,19H2;1-4,13-15,17-18,25,31,34H,5-12,16H2/b6-5+;. The van der Waals surface area contributed by atoms with Crippen molar-refractivity contribution in [1.82, 2.24) is 29.6 Å². The number of para-hydroxylation sites is 2. The van der Waals surface area contributed by atoms with Crippen molar-refractivity contribution in [3.05, 3.63) is 149 Å². The average Bonchev–Trinajstić information content (AvgIpc) is 4.03. The third kappa shape index (κ3) is 12.1. The lowest BCUT2D eigenvalue weighted by Crippen LogP contribution is -2.45. The molecule has 10 nitrogen and oxygen atoms in total. The second kappa shape index (κ2) is 22.7. The van der Waals surface area contributed by atoms with Crippen LogP contribution in [0.4, 0.5) is 22.0 Å². The van der Waals surface area contributed by atoms with E-state index in [1.807, 2.05) is 6.07 Å². The topological polar surface area (TPSA) is 119 Å². The molecule has 376 valence electrons. The Bertz CT molecular complexity index is 2760. The highest BCUT2D eigenvalue weighted by Gasteiger charge is 2.33. The smallest absolute Gasteiger partial charge is 0.254 e. The van der Waals surface area contributed by atoms with Crippen molar-refractivity contribution >= 4 is 39.7 Å². The van der Waals surface area contributed by atoms with Crippen LogP contribution in [0.1, 0.15) is 90.3 Å². The Kier molecular flexibility index (Phi) is 16.0. The number of aliphatic hydroxyl groups is 2. The van der Waals surface area contributed by atoms with Crippen molar-refractivity contribution in [1.29, 1.82) is 0 Å². The third-order valence-electron chi connectivity index (χ3n) is 15.5. The van der Waals surface area contributed by atoms with Crippen molar-refractivity contribution in [3.8, 4) is 0 Å². The number of fused-ring (bicyclic) bond motifs is 2. The van der Waals surface area contributed by atoms with Crippen LogP contribution in [0.25, 0.3) is 27.9 Å². The quantitative estimate of drug-likeness (QED) is 0.0584. The number of halogens is 5. The van der Waals surface area contributed by atoms with Gasteiger partial charge in [-0.3, -0.25) is 9.59 Å². The molecule has 2 atom stereocenters. The van der Waals surface area contributed by atoms with Gasteiger partial charge in [-0.05, 0) is 160 Å². The predicted octanol–water partition coefficient (Wildman–Crippen LogP) is 9.62. The molecule has 2 aromatic heterocycles. The van der Waals surface area contributed by atoms with Crippen LogP contribution in [0.3, 0.4) is 0 Å². The van der Waals surface area contributed by atoms with Crippen LogP contribution in [0.15, 0.2) is 97.3 Å². The van der Waals surface area contributed by atoms with Gasteiger partial charge in [0.25, 0.3) is 5.91 Å². The first kappa shape index (κ1) is 50.1. The molecule has 10 rings (SSSR count). The summed E-state index contributed by atoms with van der Waals surface area (Å²) in [5.74, 6) is -5.06. The van der Waals surface area contributed by atoms with E-state index < -0.39 is 47.2 Å². The Morgan fingerprint density at radius 3 is 1.48 bits per heavy atom. The molecule has 0 saturated carbocycles. The zero-order chi connectivity index (χ0) is 49.6. The molecule has 0 radical (unpaired) electrons. The van der Waals surface area contributed by atoms with Crippen molar-refractivity contribution in [2.45, 2.75) is 75.4 Å². The number of hydrogen-bond acceptors (Lipinski definition) is 6. The van der Waals surface area contributed by atoms with Crippen LogP contribution in [0.2, 0.25) is 0 Å². The number of likely N-dealkylation sites (tertiary alicyclic amines) is 4. The van der Waals surface area contributed by atoms with E-state index in [0.717, 1.165) is 82.9 Å². The Hall–Kier alpha value is -5.87. The number of aromatic nitrogens is 2. The number of aliphatic hydroxyl groups excluding tert-OH is 2. The number of β-amino-alcohol motifs (C(OH)–C–C–N with tert-alkyl or cyclic N) is 2. The minimum atomic E-state index is -1.58. The second-order valence-electron chi connectivity index (χ2n) is 19.9. The van der Waals surface area contributed by atoms with Gasteiger partial charge in [-0.25, -0.2) is 22.0 Å².